The van der Waals surface area contributed by atoms with Crippen molar-refractivity contribution in [2.75, 3.05) is 25.2 Å². The maximum atomic E-state index is 12.9. The van der Waals surface area contributed by atoms with E-state index in [1.54, 1.807) is 5.41 Å². The van der Waals surface area contributed by atoms with Crippen molar-refractivity contribution in [1.82, 2.24) is 10.2 Å². The van der Waals surface area contributed by atoms with E-state index in [1.807, 2.05) is 0 Å². The summed E-state index contributed by atoms with van der Waals surface area (Å²) < 4.78 is 10.8. The zero-order valence-electron chi connectivity index (χ0n) is 18.7. The summed E-state index contributed by atoms with van der Waals surface area (Å²) in [6.07, 6.45) is 0. The Labute approximate surface area is 218 Å². The average Bonchev–Trinajstić information content (AvgIpc) is 2.89. The van der Waals surface area contributed by atoms with E-state index in [0.717, 1.165) is 5.75 Å². The molecule has 1 N–H and O–H groups in total. The van der Waals surface area contributed by atoms with E-state index in [2.05, 4.69) is 10.5 Å². The van der Waals surface area contributed by atoms with E-state index < -0.39 is 34.1 Å². The normalized spacial score (nSPS) is 21.5. The number of carbonyl (C=O) groups is 3. The second-order valence-corrected chi connectivity index (χ2v) is 9.98. The molecule has 2 amide bonds. The molecule has 0 saturated carbocycles. The molecule has 0 aliphatic carbocycles. The molecule has 1 aromatic carbocycles. The van der Waals surface area contributed by atoms with Crippen LogP contribution in [-0.2, 0) is 35.3 Å². The molecule has 2 atom stereocenters. The van der Waals surface area contributed by atoms with Gasteiger partial charge in [0, 0.05) is 29.0 Å². The van der Waals surface area contributed by atoms with Crippen molar-refractivity contribution in [1.29, 1.82) is 0 Å². The number of oxime groups is 1. The van der Waals surface area contributed by atoms with Crippen LogP contribution in [0.4, 0.5) is 5.69 Å². The van der Waals surface area contributed by atoms with Gasteiger partial charge in [-0.05, 0) is 17.7 Å². The summed E-state index contributed by atoms with van der Waals surface area (Å²) in [7, 11) is 1.29. The molecule has 3 heterocycles. The summed E-state index contributed by atoms with van der Waals surface area (Å²) >= 11 is 9.00. The maximum Gasteiger partial charge on any atom is 0.356 e. The van der Waals surface area contributed by atoms with Gasteiger partial charge < -0.3 is 19.6 Å². The van der Waals surface area contributed by atoms with Crippen LogP contribution >= 0.6 is 35.1 Å². The molecule has 3 aliphatic rings. The van der Waals surface area contributed by atoms with Crippen molar-refractivity contribution in [3.05, 3.63) is 61.8 Å². The van der Waals surface area contributed by atoms with Crippen LogP contribution in [0, 0.1) is 10.1 Å². The molecule has 1 fully saturated rings. The molecule has 190 valence electrons. The van der Waals surface area contributed by atoms with Crippen LogP contribution in [0.1, 0.15) is 5.56 Å². The van der Waals surface area contributed by atoms with E-state index in [4.69, 9.17) is 25.9 Å². The molecular weight excluding hydrogens is 536 g/mol. The number of hydrogen-bond acceptors (Lipinski definition) is 11. The Morgan fingerprint density at radius 2 is 2.11 bits per heavy atom. The van der Waals surface area contributed by atoms with Crippen LogP contribution in [0.2, 0.25) is 0 Å². The summed E-state index contributed by atoms with van der Waals surface area (Å²) in [6, 6.07) is 4.59. The van der Waals surface area contributed by atoms with Gasteiger partial charge in [0.2, 0.25) is 5.71 Å². The number of nitrogens with zero attached hydrogens (tertiary/aromatic N) is 3. The highest BCUT2D eigenvalue weighted by Crippen LogP contribution is 2.41. The number of halogens is 1. The molecule has 0 aromatic heterocycles. The molecule has 0 radical (unpaired) electrons. The second-order valence-electron chi connectivity index (χ2n) is 7.44. The summed E-state index contributed by atoms with van der Waals surface area (Å²) in [6.45, 7) is 0.226. The summed E-state index contributed by atoms with van der Waals surface area (Å²) in [5, 5.41) is 18.4. The number of rotatable bonds is 8. The van der Waals surface area contributed by atoms with Crippen molar-refractivity contribution >= 4 is 64.3 Å². The number of amides is 2. The number of thioether (sulfide) groups is 2. The minimum Gasteiger partial charge on any atom is -0.490 e. The number of nitro groups is 1. The van der Waals surface area contributed by atoms with Gasteiger partial charge in [-0.1, -0.05) is 16.8 Å². The number of fused-ring (bicyclic) bond motifs is 1. The Morgan fingerprint density at radius 3 is 2.75 bits per heavy atom. The van der Waals surface area contributed by atoms with Gasteiger partial charge in [0.25, 0.3) is 17.5 Å². The predicted octanol–water partition coefficient (Wildman–Crippen LogP) is 2.10. The quantitative estimate of drug-likeness (QED) is 0.166. The molecule has 3 aliphatic heterocycles. The number of carbonyl (C=O) groups excluding carboxylic acids is 3. The van der Waals surface area contributed by atoms with Crippen molar-refractivity contribution in [3.8, 4) is 0 Å². The molecule has 12 nitrogen and oxygen atoms in total. The highest BCUT2D eigenvalue weighted by atomic mass is 35.5. The standard InChI is InChI=1S/C21H19ClN4O8S2/c1-32-24-15(14-10-35-7-6-33-14)18(27)23-16-19(28)25-17(13(22)9-36-20(16)25)21(29)34-8-11-2-4-12(5-3-11)26(30)31/h2-5,10,16,20H,6-9H2,1H3,(H,23,27)/b24-15-/t16?,20-/m1/s1. The lowest BCUT2D eigenvalue weighted by molar-refractivity contribution is -0.384. The van der Waals surface area contributed by atoms with Crippen molar-refractivity contribution in [2.24, 2.45) is 5.16 Å². The van der Waals surface area contributed by atoms with Crippen LogP contribution < -0.4 is 5.32 Å². The molecule has 1 aromatic rings. The SMILES string of the molecule is CO/N=C(\C(=O)NC1C(=O)N2C(C(=O)OCc3ccc([N+](=O)[O-])cc3)=C(Cl)CS[C@H]12)C1=CSCCO1. The number of benzene rings is 1. The second kappa shape index (κ2) is 11.2. The van der Waals surface area contributed by atoms with Crippen molar-refractivity contribution in [3.63, 3.8) is 0 Å². The molecule has 4 rings (SSSR count). The highest BCUT2D eigenvalue weighted by molar-refractivity contribution is 8.02. The fraction of sp³-hybridized carbons (Fsp3) is 0.333. The number of non-ortho nitro benzene ring substituents is 1. The maximum absolute atomic E-state index is 12.9. The Bertz CT molecular complexity index is 1190. The Hall–Kier alpha value is -3.23. The molecule has 15 heteroatoms. The van der Waals surface area contributed by atoms with Crippen molar-refractivity contribution in [2.45, 2.75) is 18.0 Å². The van der Waals surface area contributed by atoms with Crippen LogP contribution in [0.5, 0.6) is 0 Å². The molecule has 0 spiro atoms. The smallest absolute Gasteiger partial charge is 0.356 e. The van der Waals surface area contributed by atoms with Crippen LogP contribution in [0.3, 0.4) is 0 Å². The lowest BCUT2D eigenvalue weighted by Gasteiger charge is -2.49. The van der Waals surface area contributed by atoms with E-state index in [9.17, 15) is 24.5 Å². The molecule has 1 unspecified atom stereocenters. The molecule has 1 saturated heterocycles. The lowest BCUT2D eigenvalue weighted by atomic mass is 10.0. The van der Waals surface area contributed by atoms with Gasteiger partial charge in [0.05, 0.1) is 16.6 Å². The number of esters is 1. The number of β-lactam (4-membered cyclic amide) rings is 1. The van der Waals surface area contributed by atoms with E-state index >= 15 is 0 Å². The van der Waals surface area contributed by atoms with E-state index in [0.29, 0.717) is 12.2 Å². The fourth-order valence-electron chi connectivity index (χ4n) is 3.49. The summed E-state index contributed by atoms with van der Waals surface area (Å²) in [4.78, 5) is 54.8. The minimum absolute atomic E-state index is 0.0916. The highest BCUT2D eigenvalue weighted by Gasteiger charge is 2.54. The van der Waals surface area contributed by atoms with Crippen LogP contribution in [0.25, 0.3) is 0 Å². The molecule has 0 bridgehead atoms. The predicted molar refractivity (Wildman–Crippen MR) is 132 cm³/mol. The number of hydrogen-bond donors (Lipinski definition) is 1. The third-order valence-electron chi connectivity index (χ3n) is 5.20. The first kappa shape index (κ1) is 25.9. The van der Waals surface area contributed by atoms with Gasteiger partial charge in [-0.2, -0.15) is 0 Å². The van der Waals surface area contributed by atoms with Gasteiger partial charge in [-0.3, -0.25) is 24.6 Å². The number of nitrogens with one attached hydrogen (secondary N) is 1. The first-order valence-electron chi connectivity index (χ1n) is 10.4. The number of ether oxygens (including phenoxy) is 2. The Balaban J connectivity index is 1.41. The van der Waals surface area contributed by atoms with Gasteiger partial charge in [0.1, 0.15) is 30.8 Å². The summed E-state index contributed by atoms with van der Waals surface area (Å²) in [5.74, 6) is -0.812. The Kier molecular flexibility index (Phi) is 8.06. The zero-order valence-corrected chi connectivity index (χ0v) is 21.1. The average molecular weight is 555 g/mol. The van der Waals surface area contributed by atoms with Gasteiger partial charge in [-0.15, -0.1) is 23.5 Å². The summed E-state index contributed by atoms with van der Waals surface area (Å²) in [5.41, 5.74) is 0.229. The van der Waals surface area contributed by atoms with Crippen LogP contribution in [0.15, 0.2) is 51.3 Å². The minimum atomic E-state index is -0.927. The van der Waals surface area contributed by atoms with E-state index in [1.165, 1.54) is 59.8 Å². The molecular formula is C21H19ClN4O8S2. The third-order valence-corrected chi connectivity index (χ3v) is 7.73. The number of nitro benzene ring substituents is 1. The van der Waals surface area contributed by atoms with Gasteiger partial charge in [0.15, 0.2) is 5.76 Å². The van der Waals surface area contributed by atoms with Crippen LogP contribution in [-0.4, -0.2) is 70.0 Å². The van der Waals surface area contributed by atoms with Gasteiger partial charge in [-0.25, -0.2) is 4.79 Å². The first-order valence-corrected chi connectivity index (χ1v) is 12.9. The van der Waals surface area contributed by atoms with E-state index in [-0.39, 0.29) is 40.2 Å². The monoisotopic (exact) mass is 554 g/mol. The zero-order chi connectivity index (χ0) is 25.8. The third kappa shape index (κ3) is 5.29. The van der Waals surface area contributed by atoms with Gasteiger partial charge >= 0.3 is 5.97 Å². The largest absolute Gasteiger partial charge is 0.490 e. The van der Waals surface area contributed by atoms with Crippen molar-refractivity contribution < 1.29 is 33.6 Å². The first-order chi connectivity index (χ1) is 17.3. The fourth-order valence-corrected chi connectivity index (χ4v) is 5.67. The topological polar surface area (TPSA) is 150 Å². The lowest BCUT2D eigenvalue weighted by Crippen LogP contribution is -2.71. The molecule has 36 heavy (non-hydrogen) atoms. The Morgan fingerprint density at radius 1 is 1.36 bits per heavy atom.